The molecule has 0 radical (unpaired) electrons. The molecular weight excluding hydrogens is 475 g/mol. The summed E-state index contributed by atoms with van der Waals surface area (Å²) in [5.41, 5.74) is 0.919. The number of anilines is 2. The van der Waals surface area contributed by atoms with Gasteiger partial charge in [-0.15, -0.1) is 13.2 Å². The van der Waals surface area contributed by atoms with Crippen molar-refractivity contribution in [2.45, 2.75) is 37.5 Å². The monoisotopic (exact) mass is 501 g/mol. The molecule has 1 saturated heterocycles. The molecule has 4 rings (SSSR count). The van der Waals surface area contributed by atoms with E-state index in [2.05, 4.69) is 20.0 Å². The Kier molecular flexibility index (Phi) is 6.87. The van der Waals surface area contributed by atoms with Crippen LogP contribution in [0.2, 0.25) is 0 Å². The van der Waals surface area contributed by atoms with Gasteiger partial charge in [0.25, 0.3) is 0 Å². The minimum absolute atomic E-state index is 0.0736. The summed E-state index contributed by atoms with van der Waals surface area (Å²) < 4.78 is 67.4. The first kappa shape index (κ1) is 24.5. The van der Waals surface area contributed by atoms with Crippen LogP contribution in [0, 0.1) is 6.92 Å². The Morgan fingerprint density at radius 2 is 1.88 bits per heavy atom. The van der Waals surface area contributed by atoms with Crippen LogP contribution in [0.15, 0.2) is 30.6 Å². The Morgan fingerprint density at radius 3 is 2.50 bits per heavy atom. The molecule has 1 unspecified atom stereocenters. The molecule has 0 spiro atoms. The van der Waals surface area contributed by atoms with Crippen molar-refractivity contribution in [3.8, 4) is 5.75 Å². The van der Waals surface area contributed by atoms with Gasteiger partial charge in [-0.1, -0.05) is 6.07 Å². The summed E-state index contributed by atoms with van der Waals surface area (Å²) in [4.78, 5) is 10.4. The summed E-state index contributed by atoms with van der Waals surface area (Å²) >= 11 is 0. The average Bonchev–Trinajstić information content (AvgIpc) is 3.63. The van der Waals surface area contributed by atoms with Gasteiger partial charge in [0.2, 0.25) is 10.0 Å². The van der Waals surface area contributed by atoms with E-state index in [1.807, 2.05) is 4.90 Å². The third kappa shape index (κ3) is 5.88. The van der Waals surface area contributed by atoms with Crippen molar-refractivity contribution in [3.05, 3.63) is 41.7 Å². The summed E-state index contributed by atoms with van der Waals surface area (Å²) in [6.07, 6.45) is -2.92. The predicted molar refractivity (Wildman–Crippen MR) is 119 cm³/mol. The van der Waals surface area contributed by atoms with E-state index in [4.69, 9.17) is 0 Å². The fourth-order valence-electron chi connectivity index (χ4n) is 3.90. The molecule has 0 bridgehead atoms. The van der Waals surface area contributed by atoms with Crippen molar-refractivity contribution in [1.82, 2.24) is 14.3 Å². The Hall–Kier alpha value is -2.64. The molecule has 1 atom stereocenters. The van der Waals surface area contributed by atoms with E-state index < -0.39 is 22.5 Å². The first-order valence-corrected chi connectivity index (χ1v) is 12.4. The normalized spacial score (nSPS) is 18.6. The second-order valence-corrected chi connectivity index (χ2v) is 10.6. The lowest BCUT2D eigenvalue weighted by Crippen LogP contribution is -2.49. The van der Waals surface area contributed by atoms with Gasteiger partial charge in [-0.3, -0.25) is 0 Å². The lowest BCUT2D eigenvalue weighted by atomic mass is 10.0. The van der Waals surface area contributed by atoms with Crippen LogP contribution in [0.5, 0.6) is 5.75 Å². The van der Waals surface area contributed by atoms with E-state index in [9.17, 15) is 26.7 Å². The van der Waals surface area contributed by atoms with E-state index in [1.165, 1.54) is 18.5 Å². The molecule has 2 fully saturated rings. The minimum atomic E-state index is -4.78. The average molecular weight is 502 g/mol. The molecule has 2 aromatic rings. The summed E-state index contributed by atoms with van der Waals surface area (Å²) in [6.45, 7) is 3.49. The highest BCUT2D eigenvalue weighted by Gasteiger charge is 2.41. The molecule has 34 heavy (non-hydrogen) atoms. The van der Waals surface area contributed by atoms with E-state index in [0.717, 1.165) is 18.9 Å². The zero-order chi connectivity index (χ0) is 24.5. The van der Waals surface area contributed by atoms with Gasteiger partial charge in [-0.05, 0) is 43.0 Å². The third-order valence-corrected chi connectivity index (χ3v) is 8.23. The first-order valence-electron chi connectivity index (χ1n) is 10.9. The molecule has 2 aliphatic rings. The number of piperazine rings is 1. The standard InChI is InChI=1S/C21H26F3N5O4S/c1-14-10-15(33-21(22,23)24)2-5-17(14)18(30)12-25-19-11-20(27-13-26-19)28-6-8-29(9-7-28)34(31,32)16-3-4-16/h2,5,10-11,13,16,18,30H,3-4,6-9,12H2,1H3,(H,25,26,27). The predicted octanol–water partition coefficient (Wildman–Crippen LogP) is 2.44. The quantitative estimate of drug-likeness (QED) is 0.568. The minimum Gasteiger partial charge on any atom is -0.406 e. The highest BCUT2D eigenvalue weighted by molar-refractivity contribution is 7.90. The Morgan fingerprint density at radius 1 is 1.18 bits per heavy atom. The Bertz CT molecular complexity index is 1120. The summed E-state index contributed by atoms with van der Waals surface area (Å²) in [7, 11) is -3.19. The van der Waals surface area contributed by atoms with E-state index in [-0.39, 0.29) is 17.5 Å². The van der Waals surface area contributed by atoms with Gasteiger partial charge in [0.15, 0.2) is 0 Å². The number of hydrogen-bond donors (Lipinski definition) is 2. The third-order valence-electron chi connectivity index (χ3n) is 5.83. The Balaban J connectivity index is 1.33. The van der Waals surface area contributed by atoms with Crippen LogP contribution in [0.3, 0.4) is 0 Å². The molecule has 2 N–H and O–H groups in total. The van der Waals surface area contributed by atoms with Crippen LogP contribution in [-0.2, 0) is 10.0 Å². The molecule has 1 aromatic carbocycles. The summed E-state index contributed by atoms with van der Waals surface area (Å²) in [6, 6.07) is 5.48. The van der Waals surface area contributed by atoms with Gasteiger partial charge in [0, 0.05) is 38.8 Å². The van der Waals surface area contributed by atoms with E-state index in [1.54, 1.807) is 17.3 Å². The number of alkyl halides is 3. The number of nitrogens with one attached hydrogen (secondary N) is 1. The molecule has 1 aromatic heterocycles. The molecular formula is C21H26F3N5O4S. The zero-order valence-corrected chi connectivity index (χ0v) is 19.3. The maximum atomic E-state index is 12.4. The van der Waals surface area contributed by atoms with Gasteiger partial charge in [0.05, 0.1) is 11.4 Å². The first-order chi connectivity index (χ1) is 16.0. The SMILES string of the molecule is Cc1cc(OC(F)(F)F)ccc1C(O)CNc1cc(N2CCN(S(=O)(=O)C3CC3)CC2)ncn1. The maximum absolute atomic E-state index is 12.4. The van der Waals surface area contributed by atoms with Gasteiger partial charge in [0.1, 0.15) is 23.7 Å². The van der Waals surface area contributed by atoms with Gasteiger partial charge in [-0.25, -0.2) is 18.4 Å². The summed E-state index contributed by atoms with van der Waals surface area (Å²) in [5, 5.41) is 13.3. The molecule has 13 heteroatoms. The van der Waals surface area contributed by atoms with Gasteiger partial charge in [-0.2, -0.15) is 4.31 Å². The lowest BCUT2D eigenvalue weighted by Gasteiger charge is -2.34. The fourth-order valence-corrected chi connectivity index (χ4v) is 5.72. The highest BCUT2D eigenvalue weighted by atomic mass is 32.2. The number of benzene rings is 1. The lowest BCUT2D eigenvalue weighted by molar-refractivity contribution is -0.274. The van der Waals surface area contributed by atoms with Gasteiger partial charge >= 0.3 is 6.36 Å². The summed E-state index contributed by atoms with van der Waals surface area (Å²) in [5.74, 6) is 0.756. The Labute approximate surface area is 195 Å². The number of aryl methyl sites for hydroxylation is 1. The topological polar surface area (TPSA) is 108 Å². The number of aliphatic hydroxyl groups is 1. The molecule has 9 nitrogen and oxygen atoms in total. The molecule has 1 aliphatic heterocycles. The zero-order valence-electron chi connectivity index (χ0n) is 18.5. The molecule has 2 heterocycles. The number of aromatic nitrogens is 2. The number of aliphatic hydroxyl groups excluding tert-OH is 1. The second kappa shape index (κ2) is 9.55. The van der Waals surface area contributed by atoms with Crippen LogP contribution < -0.4 is 15.0 Å². The van der Waals surface area contributed by atoms with Crippen molar-refractivity contribution in [2.24, 2.45) is 0 Å². The molecule has 186 valence electrons. The number of rotatable bonds is 8. The largest absolute Gasteiger partial charge is 0.573 e. The number of hydrogen-bond acceptors (Lipinski definition) is 8. The molecule has 1 aliphatic carbocycles. The number of ether oxygens (including phenoxy) is 1. The van der Waals surface area contributed by atoms with Crippen LogP contribution in [0.4, 0.5) is 24.8 Å². The highest BCUT2D eigenvalue weighted by Crippen LogP contribution is 2.32. The maximum Gasteiger partial charge on any atom is 0.573 e. The van der Waals surface area contributed by atoms with Crippen LogP contribution >= 0.6 is 0 Å². The fraction of sp³-hybridized carbons (Fsp3) is 0.524. The van der Waals surface area contributed by atoms with Crippen molar-refractivity contribution >= 4 is 21.7 Å². The van der Waals surface area contributed by atoms with Crippen LogP contribution in [0.1, 0.15) is 30.1 Å². The molecule has 1 saturated carbocycles. The van der Waals surface area contributed by atoms with Crippen molar-refractivity contribution < 1.29 is 31.4 Å². The van der Waals surface area contributed by atoms with E-state index in [0.29, 0.717) is 48.9 Å². The van der Waals surface area contributed by atoms with Crippen molar-refractivity contribution in [2.75, 3.05) is 42.9 Å². The van der Waals surface area contributed by atoms with Crippen molar-refractivity contribution in [1.29, 1.82) is 0 Å². The number of nitrogens with zero attached hydrogens (tertiary/aromatic N) is 4. The number of halogens is 3. The van der Waals surface area contributed by atoms with Crippen molar-refractivity contribution in [3.63, 3.8) is 0 Å². The van der Waals surface area contributed by atoms with Gasteiger partial charge < -0.3 is 20.1 Å². The number of sulfonamides is 1. The smallest absolute Gasteiger partial charge is 0.406 e. The second-order valence-electron chi connectivity index (χ2n) is 8.35. The van der Waals surface area contributed by atoms with Crippen LogP contribution in [0.25, 0.3) is 0 Å². The van der Waals surface area contributed by atoms with Crippen LogP contribution in [-0.4, -0.2) is 72.1 Å². The molecule has 0 amide bonds. The van der Waals surface area contributed by atoms with E-state index >= 15 is 0 Å².